The highest BCUT2D eigenvalue weighted by molar-refractivity contribution is 5.74. The SMILES string of the molecule is C[C@H](N)c1ccccc1N1CCC(CC(N)=O)CC1. The zero-order chi connectivity index (χ0) is 13.8. The highest BCUT2D eigenvalue weighted by Crippen LogP contribution is 2.29. The minimum absolute atomic E-state index is 0.0412. The Kier molecular flexibility index (Phi) is 4.43. The lowest BCUT2D eigenvalue weighted by atomic mass is 9.92. The normalized spacial score (nSPS) is 18.3. The number of piperidine rings is 1. The molecule has 1 amide bonds. The summed E-state index contributed by atoms with van der Waals surface area (Å²) in [6.45, 7) is 3.96. The summed E-state index contributed by atoms with van der Waals surface area (Å²) in [4.78, 5) is 13.3. The minimum atomic E-state index is -0.186. The number of rotatable bonds is 4. The number of hydrogen-bond donors (Lipinski definition) is 2. The van der Waals surface area contributed by atoms with Gasteiger partial charge in [-0.05, 0) is 37.3 Å². The van der Waals surface area contributed by atoms with Crippen molar-refractivity contribution in [1.82, 2.24) is 0 Å². The van der Waals surface area contributed by atoms with E-state index in [1.807, 2.05) is 13.0 Å². The third-order valence-corrected chi connectivity index (χ3v) is 3.87. The Morgan fingerprint density at radius 3 is 2.58 bits per heavy atom. The van der Waals surface area contributed by atoms with Crippen LogP contribution in [0.3, 0.4) is 0 Å². The molecule has 1 fully saturated rings. The van der Waals surface area contributed by atoms with Gasteiger partial charge in [0, 0.05) is 31.2 Å². The molecule has 1 aliphatic rings. The predicted octanol–water partition coefficient (Wildman–Crippen LogP) is 1.80. The van der Waals surface area contributed by atoms with Crippen LogP contribution in [0.25, 0.3) is 0 Å². The summed E-state index contributed by atoms with van der Waals surface area (Å²) in [6, 6.07) is 8.35. The van der Waals surface area contributed by atoms with Gasteiger partial charge in [-0.1, -0.05) is 18.2 Å². The summed E-state index contributed by atoms with van der Waals surface area (Å²) in [5.41, 5.74) is 13.7. The molecular weight excluding hydrogens is 238 g/mol. The van der Waals surface area contributed by atoms with Crippen LogP contribution in [0, 0.1) is 5.92 Å². The number of amides is 1. The third-order valence-electron chi connectivity index (χ3n) is 3.87. The number of carbonyl (C=O) groups excluding carboxylic acids is 1. The van der Waals surface area contributed by atoms with Gasteiger partial charge in [-0.15, -0.1) is 0 Å². The fourth-order valence-electron chi connectivity index (χ4n) is 2.82. The van der Waals surface area contributed by atoms with Crippen LogP contribution in [0.1, 0.15) is 37.8 Å². The molecule has 19 heavy (non-hydrogen) atoms. The largest absolute Gasteiger partial charge is 0.371 e. The Balaban J connectivity index is 2.03. The van der Waals surface area contributed by atoms with Gasteiger partial charge < -0.3 is 16.4 Å². The van der Waals surface area contributed by atoms with Crippen LogP contribution in [0.5, 0.6) is 0 Å². The number of primary amides is 1. The lowest BCUT2D eigenvalue weighted by molar-refractivity contribution is -0.119. The van der Waals surface area contributed by atoms with Crippen LogP contribution < -0.4 is 16.4 Å². The molecule has 1 aliphatic heterocycles. The van der Waals surface area contributed by atoms with Crippen LogP contribution in [0.4, 0.5) is 5.69 Å². The molecular formula is C15H23N3O. The maximum Gasteiger partial charge on any atom is 0.217 e. The predicted molar refractivity (Wildman–Crippen MR) is 77.8 cm³/mol. The summed E-state index contributed by atoms with van der Waals surface area (Å²) < 4.78 is 0. The average molecular weight is 261 g/mol. The number of carbonyl (C=O) groups is 1. The molecule has 0 aliphatic carbocycles. The smallest absolute Gasteiger partial charge is 0.217 e. The fourth-order valence-corrected chi connectivity index (χ4v) is 2.82. The molecule has 4 N–H and O–H groups in total. The van der Waals surface area contributed by atoms with E-state index in [1.165, 1.54) is 11.3 Å². The summed E-state index contributed by atoms with van der Waals surface area (Å²) in [7, 11) is 0. The monoisotopic (exact) mass is 261 g/mol. The van der Waals surface area contributed by atoms with Crippen molar-refractivity contribution in [3.63, 3.8) is 0 Å². The first-order valence-corrected chi connectivity index (χ1v) is 6.95. The molecule has 0 bridgehead atoms. The molecule has 4 nitrogen and oxygen atoms in total. The van der Waals surface area contributed by atoms with Crippen LogP contribution in [-0.2, 0) is 4.79 Å². The second-order valence-electron chi connectivity index (χ2n) is 5.45. The van der Waals surface area contributed by atoms with Gasteiger partial charge >= 0.3 is 0 Å². The average Bonchev–Trinajstić information content (AvgIpc) is 2.39. The molecule has 0 radical (unpaired) electrons. The molecule has 0 unspecified atom stereocenters. The first-order valence-electron chi connectivity index (χ1n) is 6.95. The number of nitrogens with zero attached hydrogens (tertiary/aromatic N) is 1. The van der Waals surface area contributed by atoms with Gasteiger partial charge in [0.25, 0.3) is 0 Å². The Morgan fingerprint density at radius 2 is 2.00 bits per heavy atom. The van der Waals surface area contributed by atoms with Crippen LogP contribution in [0.2, 0.25) is 0 Å². The van der Waals surface area contributed by atoms with E-state index in [1.54, 1.807) is 0 Å². The van der Waals surface area contributed by atoms with Gasteiger partial charge in [-0.25, -0.2) is 0 Å². The Labute approximate surface area is 114 Å². The van der Waals surface area contributed by atoms with Crippen LogP contribution >= 0.6 is 0 Å². The Bertz CT molecular complexity index is 437. The summed E-state index contributed by atoms with van der Waals surface area (Å²) >= 11 is 0. The maximum atomic E-state index is 11.0. The van der Waals surface area contributed by atoms with E-state index in [0.29, 0.717) is 12.3 Å². The first-order chi connectivity index (χ1) is 9.08. The molecule has 0 aromatic heterocycles. The Hall–Kier alpha value is -1.55. The molecule has 1 saturated heterocycles. The molecule has 0 saturated carbocycles. The highest BCUT2D eigenvalue weighted by atomic mass is 16.1. The molecule has 104 valence electrons. The number of para-hydroxylation sites is 1. The third kappa shape index (κ3) is 3.47. The van der Waals surface area contributed by atoms with Crippen molar-refractivity contribution >= 4 is 11.6 Å². The van der Waals surface area contributed by atoms with Crippen molar-refractivity contribution in [2.24, 2.45) is 17.4 Å². The van der Waals surface area contributed by atoms with Gasteiger partial charge in [-0.2, -0.15) is 0 Å². The van der Waals surface area contributed by atoms with E-state index >= 15 is 0 Å². The number of anilines is 1. The lowest BCUT2D eigenvalue weighted by Gasteiger charge is -2.35. The highest BCUT2D eigenvalue weighted by Gasteiger charge is 2.22. The second-order valence-corrected chi connectivity index (χ2v) is 5.45. The van der Waals surface area contributed by atoms with Gasteiger partial charge in [0.15, 0.2) is 0 Å². The van der Waals surface area contributed by atoms with Crippen molar-refractivity contribution in [2.75, 3.05) is 18.0 Å². The quantitative estimate of drug-likeness (QED) is 0.868. The van der Waals surface area contributed by atoms with E-state index in [-0.39, 0.29) is 11.9 Å². The fraction of sp³-hybridized carbons (Fsp3) is 0.533. The molecule has 1 atom stereocenters. The van der Waals surface area contributed by atoms with E-state index in [9.17, 15) is 4.79 Å². The zero-order valence-corrected chi connectivity index (χ0v) is 11.5. The molecule has 2 rings (SSSR count). The van der Waals surface area contributed by atoms with E-state index < -0.39 is 0 Å². The number of benzene rings is 1. The topological polar surface area (TPSA) is 72.3 Å². The van der Waals surface area contributed by atoms with Crippen molar-refractivity contribution in [1.29, 1.82) is 0 Å². The maximum absolute atomic E-state index is 11.0. The van der Waals surface area contributed by atoms with Crippen molar-refractivity contribution in [3.8, 4) is 0 Å². The first kappa shape index (κ1) is 13.9. The van der Waals surface area contributed by atoms with E-state index in [4.69, 9.17) is 11.5 Å². The summed E-state index contributed by atoms with van der Waals surface area (Å²) in [5.74, 6) is 0.255. The summed E-state index contributed by atoms with van der Waals surface area (Å²) in [5, 5.41) is 0. The van der Waals surface area contributed by atoms with Crippen LogP contribution in [-0.4, -0.2) is 19.0 Å². The molecule has 1 aromatic rings. The molecule has 4 heteroatoms. The number of hydrogen-bond acceptors (Lipinski definition) is 3. The van der Waals surface area contributed by atoms with E-state index in [2.05, 4.69) is 23.1 Å². The standard InChI is InChI=1S/C15H23N3O/c1-11(16)13-4-2-3-5-14(13)18-8-6-12(7-9-18)10-15(17)19/h2-5,11-12H,6-10,16H2,1H3,(H2,17,19)/t11-/m0/s1. The molecule has 1 heterocycles. The zero-order valence-electron chi connectivity index (χ0n) is 11.5. The summed E-state index contributed by atoms with van der Waals surface area (Å²) in [6.07, 6.45) is 2.56. The van der Waals surface area contributed by atoms with Crippen LogP contribution in [0.15, 0.2) is 24.3 Å². The van der Waals surface area contributed by atoms with E-state index in [0.717, 1.165) is 25.9 Å². The van der Waals surface area contributed by atoms with Crippen molar-refractivity contribution in [2.45, 2.75) is 32.2 Å². The molecule has 0 spiro atoms. The van der Waals surface area contributed by atoms with Crippen molar-refractivity contribution < 1.29 is 4.79 Å². The van der Waals surface area contributed by atoms with Crippen molar-refractivity contribution in [3.05, 3.63) is 29.8 Å². The van der Waals surface area contributed by atoms with Gasteiger partial charge in [0.1, 0.15) is 0 Å². The van der Waals surface area contributed by atoms with Gasteiger partial charge in [-0.3, -0.25) is 4.79 Å². The Morgan fingerprint density at radius 1 is 1.37 bits per heavy atom. The van der Waals surface area contributed by atoms with Gasteiger partial charge in [0.2, 0.25) is 5.91 Å². The second kappa shape index (κ2) is 6.06. The number of nitrogens with two attached hydrogens (primary N) is 2. The lowest BCUT2D eigenvalue weighted by Crippen LogP contribution is -2.36. The van der Waals surface area contributed by atoms with Gasteiger partial charge in [0.05, 0.1) is 0 Å². The minimum Gasteiger partial charge on any atom is -0.371 e. The molecule has 1 aromatic carbocycles.